The van der Waals surface area contributed by atoms with Gasteiger partial charge in [0.05, 0.1) is 17.6 Å². The third kappa shape index (κ3) is 3.93. The Hall–Kier alpha value is -1.64. The first-order valence-corrected chi connectivity index (χ1v) is 7.60. The second kappa shape index (κ2) is 6.42. The number of halogens is 1. The molecule has 0 aliphatic rings. The van der Waals surface area contributed by atoms with Gasteiger partial charge in [-0.3, -0.25) is 4.79 Å². The van der Waals surface area contributed by atoms with Crippen LogP contribution in [0.2, 0.25) is 5.02 Å². The number of carbonyl (C=O) groups excluding carboxylic acids is 1. The van der Waals surface area contributed by atoms with E-state index < -0.39 is 28.0 Å². The van der Waals surface area contributed by atoms with Crippen molar-refractivity contribution in [3.05, 3.63) is 28.3 Å². The van der Waals surface area contributed by atoms with E-state index in [2.05, 4.69) is 4.74 Å². The van der Waals surface area contributed by atoms with Gasteiger partial charge in [0, 0.05) is 5.02 Å². The summed E-state index contributed by atoms with van der Waals surface area (Å²) in [5.74, 6) is -2.08. The Kier molecular flexibility index (Phi) is 5.32. The van der Waals surface area contributed by atoms with Gasteiger partial charge >= 0.3 is 11.9 Å². The minimum atomic E-state index is -4.15. The van der Waals surface area contributed by atoms with E-state index in [9.17, 15) is 18.0 Å². The Morgan fingerprint density at radius 3 is 2.43 bits per heavy atom. The van der Waals surface area contributed by atoms with E-state index in [4.69, 9.17) is 16.7 Å². The van der Waals surface area contributed by atoms with Crippen molar-refractivity contribution in [2.75, 3.05) is 7.11 Å². The molecule has 0 aliphatic heterocycles. The number of rotatable bonds is 5. The fourth-order valence-corrected chi connectivity index (χ4v) is 3.28. The van der Waals surface area contributed by atoms with Gasteiger partial charge < -0.3 is 9.84 Å². The Morgan fingerprint density at radius 2 is 1.95 bits per heavy atom. The molecule has 0 saturated heterocycles. The van der Waals surface area contributed by atoms with Crippen LogP contribution in [0.5, 0.6) is 0 Å². The Bertz CT molecular complexity index is 685. The molecule has 0 fully saturated rings. The maximum Gasteiger partial charge on any atom is 0.337 e. The van der Waals surface area contributed by atoms with Crippen molar-refractivity contribution in [2.24, 2.45) is 0 Å². The summed E-state index contributed by atoms with van der Waals surface area (Å²) >= 11 is 5.91. The topological polar surface area (TPSA) is 110 Å². The number of carbonyl (C=O) groups is 2. The molecule has 9 heteroatoms. The molecule has 21 heavy (non-hydrogen) atoms. The van der Waals surface area contributed by atoms with Gasteiger partial charge in [-0.25, -0.2) is 13.2 Å². The molecule has 1 rings (SSSR count). The Morgan fingerprint density at radius 1 is 1.38 bits per heavy atom. The standard InChI is InChI=1S/C12H14ClNO6S/c1-6-9(13)4-8(12(17)20-3)5-10(6)21(18,19)14-7(2)11(15)16/h4-5,7,14H,1-3H3,(H,15,16)/t7-/m0/s1. The van der Waals surface area contributed by atoms with Crippen LogP contribution in [0, 0.1) is 6.92 Å². The number of esters is 1. The predicted octanol–water partition coefficient (Wildman–Crippen LogP) is 1.19. The summed E-state index contributed by atoms with van der Waals surface area (Å²) in [4.78, 5) is 22.0. The van der Waals surface area contributed by atoms with Crippen LogP contribution in [-0.4, -0.2) is 38.6 Å². The van der Waals surface area contributed by atoms with E-state index in [1.54, 1.807) is 0 Å². The molecule has 1 atom stereocenters. The summed E-state index contributed by atoms with van der Waals surface area (Å²) in [5, 5.41) is 8.83. The number of hydrogen-bond donors (Lipinski definition) is 2. The van der Waals surface area contributed by atoms with E-state index in [1.807, 2.05) is 4.72 Å². The molecule has 0 unspecified atom stereocenters. The molecule has 1 aromatic carbocycles. The second-order valence-corrected chi connectivity index (χ2v) is 6.34. The van der Waals surface area contributed by atoms with E-state index in [0.717, 1.165) is 13.2 Å². The van der Waals surface area contributed by atoms with Crippen LogP contribution in [0.4, 0.5) is 0 Å². The lowest BCUT2D eigenvalue weighted by Gasteiger charge is -2.14. The van der Waals surface area contributed by atoms with Crippen molar-refractivity contribution in [3.63, 3.8) is 0 Å². The van der Waals surface area contributed by atoms with E-state index >= 15 is 0 Å². The van der Waals surface area contributed by atoms with Crippen molar-refractivity contribution in [3.8, 4) is 0 Å². The number of hydrogen-bond acceptors (Lipinski definition) is 5. The smallest absolute Gasteiger partial charge is 0.337 e. The van der Waals surface area contributed by atoms with Gasteiger partial charge in [-0.1, -0.05) is 11.6 Å². The normalized spacial score (nSPS) is 12.8. The lowest BCUT2D eigenvalue weighted by molar-refractivity contribution is -0.138. The van der Waals surface area contributed by atoms with Gasteiger partial charge in [-0.15, -0.1) is 0 Å². The average Bonchev–Trinajstić information content (AvgIpc) is 2.39. The zero-order valence-corrected chi connectivity index (χ0v) is 13.1. The van der Waals surface area contributed by atoms with Crippen molar-refractivity contribution >= 4 is 33.6 Å². The first kappa shape index (κ1) is 17.4. The first-order chi connectivity index (χ1) is 9.60. The van der Waals surface area contributed by atoms with Gasteiger partial charge in [0.1, 0.15) is 6.04 Å². The SMILES string of the molecule is COC(=O)c1cc(Cl)c(C)c(S(=O)(=O)N[C@@H](C)C(=O)O)c1. The van der Waals surface area contributed by atoms with Gasteiger partial charge in [-0.05, 0) is 31.5 Å². The van der Waals surface area contributed by atoms with Crippen LogP contribution in [0.3, 0.4) is 0 Å². The number of methoxy groups -OCH3 is 1. The first-order valence-electron chi connectivity index (χ1n) is 5.73. The largest absolute Gasteiger partial charge is 0.480 e. The van der Waals surface area contributed by atoms with Crippen LogP contribution in [-0.2, 0) is 19.6 Å². The van der Waals surface area contributed by atoms with Crippen LogP contribution in [0.25, 0.3) is 0 Å². The van der Waals surface area contributed by atoms with Gasteiger partial charge in [0.25, 0.3) is 0 Å². The molecule has 0 aromatic heterocycles. The van der Waals surface area contributed by atoms with Crippen molar-refractivity contribution in [2.45, 2.75) is 24.8 Å². The molecule has 1 aromatic rings. The highest BCUT2D eigenvalue weighted by Gasteiger charge is 2.25. The Balaban J connectivity index is 3.38. The van der Waals surface area contributed by atoms with E-state index in [1.165, 1.54) is 19.9 Å². The van der Waals surface area contributed by atoms with Crippen LogP contribution >= 0.6 is 11.6 Å². The molecule has 7 nitrogen and oxygen atoms in total. The third-order valence-electron chi connectivity index (χ3n) is 2.71. The number of nitrogens with one attached hydrogen (secondary N) is 1. The summed E-state index contributed by atoms with van der Waals surface area (Å²) in [7, 11) is -3.00. The minimum absolute atomic E-state index is 0.0450. The zero-order chi connectivity index (χ0) is 16.4. The number of benzene rings is 1. The molecule has 0 radical (unpaired) electrons. The van der Waals surface area contributed by atoms with Crippen molar-refractivity contribution in [1.82, 2.24) is 4.72 Å². The van der Waals surface area contributed by atoms with Gasteiger partial charge in [0.2, 0.25) is 10.0 Å². The van der Waals surface area contributed by atoms with Gasteiger partial charge in [0.15, 0.2) is 0 Å². The molecule has 0 saturated carbocycles. The fourth-order valence-electron chi connectivity index (χ4n) is 1.52. The summed E-state index contributed by atoms with van der Waals surface area (Å²) < 4.78 is 30.9. The number of carboxylic acid groups (broad SMARTS) is 1. The highest BCUT2D eigenvalue weighted by Crippen LogP contribution is 2.26. The average molecular weight is 336 g/mol. The molecule has 0 amide bonds. The van der Waals surface area contributed by atoms with Crippen molar-refractivity contribution in [1.29, 1.82) is 0 Å². The third-order valence-corrected chi connectivity index (χ3v) is 4.77. The number of ether oxygens (including phenoxy) is 1. The number of sulfonamides is 1. The molecule has 0 spiro atoms. The molecular weight excluding hydrogens is 322 g/mol. The summed E-state index contributed by atoms with van der Waals surface area (Å²) in [6.07, 6.45) is 0. The lowest BCUT2D eigenvalue weighted by atomic mass is 10.1. The number of carboxylic acids is 1. The zero-order valence-electron chi connectivity index (χ0n) is 11.5. The molecule has 0 bridgehead atoms. The Labute approximate surface area is 126 Å². The molecule has 2 N–H and O–H groups in total. The maximum atomic E-state index is 12.2. The highest BCUT2D eigenvalue weighted by molar-refractivity contribution is 7.89. The molecule has 116 valence electrons. The molecular formula is C12H14ClNO6S. The molecule has 0 heterocycles. The van der Waals surface area contributed by atoms with Crippen LogP contribution in [0.1, 0.15) is 22.8 Å². The summed E-state index contributed by atoms with van der Waals surface area (Å²) in [5.41, 5.74) is 0.158. The quantitative estimate of drug-likeness (QED) is 0.782. The second-order valence-electron chi connectivity index (χ2n) is 4.25. The summed E-state index contributed by atoms with van der Waals surface area (Å²) in [6, 6.07) is 1.04. The summed E-state index contributed by atoms with van der Waals surface area (Å²) in [6.45, 7) is 2.63. The highest BCUT2D eigenvalue weighted by atomic mass is 35.5. The molecule has 0 aliphatic carbocycles. The van der Waals surface area contributed by atoms with Gasteiger partial charge in [-0.2, -0.15) is 4.72 Å². The fraction of sp³-hybridized carbons (Fsp3) is 0.333. The monoisotopic (exact) mass is 335 g/mol. The number of aliphatic carboxylic acids is 1. The lowest BCUT2D eigenvalue weighted by Crippen LogP contribution is -2.38. The van der Waals surface area contributed by atoms with Crippen LogP contribution < -0.4 is 4.72 Å². The minimum Gasteiger partial charge on any atom is -0.480 e. The maximum absolute atomic E-state index is 12.2. The van der Waals surface area contributed by atoms with Crippen LogP contribution in [0.15, 0.2) is 17.0 Å². The predicted molar refractivity (Wildman–Crippen MR) is 74.9 cm³/mol. The van der Waals surface area contributed by atoms with E-state index in [-0.39, 0.29) is 21.0 Å². The van der Waals surface area contributed by atoms with E-state index in [0.29, 0.717) is 0 Å². The van der Waals surface area contributed by atoms with Crippen molar-refractivity contribution < 1.29 is 27.9 Å².